The van der Waals surface area contributed by atoms with Crippen molar-refractivity contribution in [3.63, 3.8) is 0 Å². The number of hydrogen-bond acceptors (Lipinski definition) is 2. The van der Waals surface area contributed by atoms with Crippen LogP contribution in [0.15, 0.2) is 41.0 Å². The number of fused-ring (bicyclic) bond motifs is 3. The van der Waals surface area contributed by atoms with E-state index in [9.17, 15) is 4.79 Å². The van der Waals surface area contributed by atoms with Gasteiger partial charge in [-0.05, 0) is 56.0 Å². The van der Waals surface area contributed by atoms with Crippen molar-refractivity contribution >= 4 is 16.8 Å². The molecule has 1 aliphatic heterocycles. The molecule has 0 bridgehead atoms. The SMILES string of the molecule is Cc1ccc2c(c1)c1c3n2CCN(C(=O)c2ccco2)[C@H]3CCC1. The van der Waals surface area contributed by atoms with Crippen LogP contribution in [0.4, 0.5) is 0 Å². The minimum Gasteiger partial charge on any atom is -0.459 e. The fourth-order valence-electron chi connectivity index (χ4n) is 4.50. The zero-order valence-electron chi connectivity index (χ0n) is 13.8. The van der Waals surface area contributed by atoms with Gasteiger partial charge in [0.2, 0.25) is 0 Å². The van der Waals surface area contributed by atoms with Crippen LogP contribution in [-0.2, 0) is 13.0 Å². The predicted molar refractivity (Wildman–Crippen MR) is 92.1 cm³/mol. The van der Waals surface area contributed by atoms with Crippen molar-refractivity contribution in [2.75, 3.05) is 6.54 Å². The maximum Gasteiger partial charge on any atom is 0.290 e. The molecule has 122 valence electrons. The lowest BCUT2D eigenvalue weighted by Crippen LogP contribution is -2.43. The Kier molecular flexibility index (Phi) is 2.90. The zero-order chi connectivity index (χ0) is 16.3. The normalized spacial score (nSPS) is 19.5. The van der Waals surface area contributed by atoms with Crippen LogP contribution < -0.4 is 0 Å². The van der Waals surface area contributed by atoms with E-state index in [-0.39, 0.29) is 11.9 Å². The van der Waals surface area contributed by atoms with Crippen LogP contribution in [0.2, 0.25) is 0 Å². The maximum absolute atomic E-state index is 12.9. The molecule has 4 nitrogen and oxygen atoms in total. The summed E-state index contributed by atoms with van der Waals surface area (Å²) in [4.78, 5) is 14.9. The first-order chi connectivity index (χ1) is 11.7. The van der Waals surface area contributed by atoms with E-state index >= 15 is 0 Å². The average molecular weight is 320 g/mol. The molecule has 3 heterocycles. The summed E-state index contributed by atoms with van der Waals surface area (Å²) in [6.45, 7) is 3.75. The Morgan fingerprint density at radius 1 is 1.25 bits per heavy atom. The molecule has 2 aromatic heterocycles. The van der Waals surface area contributed by atoms with Crippen molar-refractivity contribution in [3.8, 4) is 0 Å². The van der Waals surface area contributed by atoms with Gasteiger partial charge >= 0.3 is 0 Å². The van der Waals surface area contributed by atoms with Crippen LogP contribution in [-0.4, -0.2) is 21.9 Å². The van der Waals surface area contributed by atoms with Crippen molar-refractivity contribution in [2.24, 2.45) is 0 Å². The number of nitrogens with zero attached hydrogens (tertiary/aromatic N) is 2. The number of amides is 1. The van der Waals surface area contributed by atoms with Gasteiger partial charge in [-0.2, -0.15) is 0 Å². The Balaban J connectivity index is 1.66. The van der Waals surface area contributed by atoms with Crippen LogP contribution in [0.1, 0.15) is 46.3 Å². The quantitative estimate of drug-likeness (QED) is 0.678. The molecule has 0 N–H and O–H groups in total. The molecule has 2 aliphatic rings. The largest absolute Gasteiger partial charge is 0.459 e. The number of benzene rings is 1. The lowest BCUT2D eigenvalue weighted by molar-refractivity contribution is 0.0568. The number of hydrogen-bond donors (Lipinski definition) is 0. The molecule has 3 aromatic rings. The minimum atomic E-state index is 0.0190. The summed E-state index contributed by atoms with van der Waals surface area (Å²) in [7, 11) is 0. The third-order valence-electron chi connectivity index (χ3n) is 5.52. The van der Waals surface area contributed by atoms with Gasteiger partial charge in [-0.1, -0.05) is 11.6 Å². The Labute approximate surface area is 140 Å². The third-order valence-corrected chi connectivity index (χ3v) is 5.52. The molecule has 0 unspecified atom stereocenters. The number of aryl methyl sites for hydroxylation is 2. The van der Waals surface area contributed by atoms with E-state index in [4.69, 9.17) is 4.42 Å². The van der Waals surface area contributed by atoms with E-state index in [1.807, 2.05) is 4.90 Å². The number of rotatable bonds is 1. The molecule has 1 aliphatic carbocycles. The van der Waals surface area contributed by atoms with Gasteiger partial charge in [-0.3, -0.25) is 4.79 Å². The second-order valence-electron chi connectivity index (χ2n) is 6.92. The van der Waals surface area contributed by atoms with Crippen molar-refractivity contribution in [3.05, 3.63) is 59.2 Å². The number of carbonyl (C=O) groups excluding carboxylic acids is 1. The average Bonchev–Trinajstić information content (AvgIpc) is 3.23. The molecule has 0 radical (unpaired) electrons. The fraction of sp³-hybridized carbons (Fsp3) is 0.350. The van der Waals surface area contributed by atoms with Crippen LogP contribution in [0.3, 0.4) is 0 Å². The van der Waals surface area contributed by atoms with E-state index in [0.717, 1.165) is 32.4 Å². The molecule has 4 heteroatoms. The van der Waals surface area contributed by atoms with E-state index in [1.54, 1.807) is 18.4 Å². The van der Waals surface area contributed by atoms with Crippen molar-refractivity contribution in [1.82, 2.24) is 9.47 Å². The minimum absolute atomic E-state index is 0.0190. The lowest BCUT2D eigenvalue weighted by Gasteiger charge is -2.39. The third kappa shape index (κ3) is 1.83. The van der Waals surface area contributed by atoms with Gasteiger partial charge in [0, 0.05) is 29.7 Å². The summed E-state index contributed by atoms with van der Waals surface area (Å²) in [5.74, 6) is 0.466. The second kappa shape index (κ2) is 5.00. The molecule has 0 saturated heterocycles. The van der Waals surface area contributed by atoms with Gasteiger partial charge in [-0.15, -0.1) is 0 Å². The van der Waals surface area contributed by atoms with Crippen molar-refractivity contribution in [1.29, 1.82) is 0 Å². The molecule has 0 spiro atoms. The first kappa shape index (κ1) is 13.9. The van der Waals surface area contributed by atoms with E-state index in [2.05, 4.69) is 29.7 Å². The summed E-state index contributed by atoms with van der Waals surface area (Å²) in [6.07, 6.45) is 4.85. The first-order valence-electron chi connectivity index (χ1n) is 8.70. The molecule has 24 heavy (non-hydrogen) atoms. The summed E-state index contributed by atoms with van der Waals surface area (Å²) >= 11 is 0. The highest BCUT2D eigenvalue weighted by atomic mass is 16.3. The first-order valence-corrected chi connectivity index (χ1v) is 8.70. The molecule has 1 amide bonds. The molecule has 0 saturated carbocycles. The standard InChI is InChI=1S/C20H20N2O2/c1-13-7-8-16-15(12-13)14-4-2-5-17-19(14)21(16)9-10-22(17)20(23)18-6-3-11-24-18/h3,6-8,11-12,17H,2,4-5,9-10H2,1H3/t17-/m0/s1. The van der Waals surface area contributed by atoms with Gasteiger partial charge in [0.1, 0.15) is 0 Å². The molecule has 1 aromatic carbocycles. The van der Waals surface area contributed by atoms with Gasteiger partial charge in [-0.25, -0.2) is 0 Å². The molecular formula is C20H20N2O2. The number of carbonyl (C=O) groups is 1. The Hall–Kier alpha value is -2.49. The Morgan fingerprint density at radius 2 is 2.17 bits per heavy atom. The summed E-state index contributed by atoms with van der Waals surface area (Å²) in [5, 5.41) is 1.38. The number of furan rings is 1. The van der Waals surface area contributed by atoms with Crippen LogP contribution in [0.5, 0.6) is 0 Å². The lowest BCUT2D eigenvalue weighted by atomic mass is 9.89. The molecular weight excluding hydrogens is 300 g/mol. The van der Waals surface area contributed by atoms with E-state index in [0.29, 0.717) is 5.76 Å². The fourth-order valence-corrected chi connectivity index (χ4v) is 4.50. The highest BCUT2D eigenvalue weighted by Crippen LogP contribution is 2.43. The topological polar surface area (TPSA) is 38.4 Å². The smallest absolute Gasteiger partial charge is 0.290 e. The highest BCUT2D eigenvalue weighted by molar-refractivity contribution is 5.93. The Bertz CT molecular complexity index is 936. The van der Waals surface area contributed by atoms with Crippen LogP contribution in [0, 0.1) is 6.92 Å². The monoisotopic (exact) mass is 320 g/mol. The highest BCUT2D eigenvalue weighted by Gasteiger charge is 2.37. The van der Waals surface area contributed by atoms with Gasteiger partial charge in [0.05, 0.1) is 12.3 Å². The number of aromatic nitrogens is 1. The summed E-state index contributed by atoms with van der Waals surface area (Å²) < 4.78 is 7.80. The second-order valence-corrected chi connectivity index (χ2v) is 6.92. The predicted octanol–water partition coefficient (Wildman–Crippen LogP) is 4.08. The molecule has 1 atom stereocenters. The molecule has 5 rings (SSSR count). The van der Waals surface area contributed by atoms with Crippen LogP contribution >= 0.6 is 0 Å². The summed E-state index contributed by atoms with van der Waals surface area (Å²) in [6, 6.07) is 10.4. The van der Waals surface area contributed by atoms with E-state index < -0.39 is 0 Å². The van der Waals surface area contributed by atoms with Gasteiger partial charge in [0.25, 0.3) is 5.91 Å². The Morgan fingerprint density at radius 3 is 3.00 bits per heavy atom. The van der Waals surface area contributed by atoms with Crippen molar-refractivity contribution in [2.45, 2.75) is 38.8 Å². The maximum atomic E-state index is 12.9. The molecule has 0 fully saturated rings. The van der Waals surface area contributed by atoms with Crippen molar-refractivity contribution < 1.29 is 9.21 Å². The van der Waals surface area contributed by atoms with Crippen LogP contribution in [0.25, 0.3) is 10.9 Å². The zero-order valence-corrected chi connectivity index (χ0v) is 13.8. The van der Waals surface area contributed by atoms with Gasteiger partial charge in [0.15, 0.2) is 5.76 Å². The van der Waals surface area contributed by atoms with E-state index in [1.165, 1.54) is 27.7 Å². The van der Waals surface area contributed by atoms with Gasteiger partial charge < -0.3 is 13.9 Å². The summed E-state index contributed by atoms with van der Waals surface area (Å²) in [5.41, 5.74) is 5.42.